The van der Waals surface area contributed by atoms with Crippen molar-refractivity contribution < 1.29 is 9.90 Å². The van der Waals surface area contributed by atoms with Crippen molar-refractivity contribution in [1.82, 2.24) is 19.9 Å². The predicted octanol–water partition coefficient (Wildman–Crippen LogP) is 3.06. The molecule has 0 radical (unpaired) electrons. The van der Waals surface area contributed by atoms with Crippen LogP contribution in [-0.4, -0.2) is 56.9 Å². The highest BCUT2D eigenvalue weighted by atomic mass is 16.3. The first-order valence-corrected chi connectivity index (χ1v) is 12.1. The molecule has 1 saturated carbocycles. The van der Waals surface area contributed by atoms with Gasteiger partial charge in [0.15, 0.2) is 5.65 Å². The third-order valence-corrected chi connectivity index (χ3v) is 6.85. The molecule has 2 unspecified atom stereocenters. The second-order valence-electron chi connectivity index (χ2n) is 9.03. The van der Waals surface area contributed by atoms with Gasteiger partial charge in [-0.3, -0.25) is 4.79 Å². The summed E-state index contributed by atoms with van der Waals surface area (Å²) in [7, 11) is 0. The van der Waals surface area contributed by atoms with E-state index in [0.717, 1.165) is 80.8 Å². The number of carbonyl (C=O) groups is 1. The number of aryl methyl sites for hydroxylation is 1. The van der Waals surface area contributed by atoms with Crippen molar-refractivity contribution in [3.63, 3.8) is 0 Å². The number of nitrogens with one attached hydrogen (secondary N) is 2. The van der Waals surface area contributed by atoms with E-state index in [4.69, 9.17) is 4.98 Å². The summed E-state index contributed by atoms with van der Waals surface area (Å²) in [5.74, 6) is 1.79. The lowest BCUT2D eigenvalue weighted by Gasteiger charge is -2.37. The molecule has 1 aliphatic carbocycles. The highest BCUT2D eigenvalue weighted by Crippen LogP contribution is 2.30. The Morgan fingerprint density at radius 2 is 2.12 bits per heavy atom. The zero-order valence-electron chi connectivity index (χ0n) is 19.1. The lowest BCUT2D eigenvalue weighted by molar-refractivity contribution is -0.117. The summed E-state index contributed by atoms with van der Waals surface area (Å²) in [6.45, 7) is 6.85. The molecule has 2 fully saturated rings. The van der Waals surface area contributed by atoms with Crippen LogP contribution in [0.25, 0.3) is 5.65 Å². The van der Waals surface area contributed by atoms with Crippen LogP contribution >= 0.6 is 0 Å². The number of rotatable bonds is 8. The van der Waals surface area contributed by atoms with E-state index in [2.05, 4.69) is 40.2 Å². The Kier molecular flexibility index (Phi) is 7.29. The van der Waals surface area contributed by atoms with Crippen LogP contribution in [0.4, 0.5) is 11.6 Å². The quantitative estimate of drug-likeness (QED) is 0.546. The molecule has 1 amide bonds. The number of aliphatic hydroxyl groups is 1. The number of hydrogen-bond donors (Lipinski definition) is 3. The van der Waals surface area contributed by atoms with Crippen LogP contribution in [0.3, 0.4) is 0 Å². The Hall–Kier alpha value is -2.61. The van der Waals surface area contributed by atoms with Crippen molar-refractivity contribution in [2.24, 2.45) is 0 Å². The van der Waals surface area contributed by atoms with E-state index in [1.165, 1.54) is 12.5 Å². The molecule has 0 bridgehead atoms. The smallest absolute Gasteiger partial charge is 0.243 e. The summed E-state index contributed by atoms with van der Waals surface area (Å²) in [5.41, 5.74) is 2.03. The molecule has 8 heteroatoms. The molecule has 174 valence electrons. The highest BCUT2D eigenvalue weighted by molar-refractivity contribution is 5.87. The standard InChI is InChI=1S/C24H36N6O2/c1-3-17-16-25-30-22(26-18-8-7-9-19(14-18)27-23(32)4-2)15-21(28-24(17)30)29-12-6-5-10-20(29)11-13-31/h4,15-16,18-20,26,31H,2-3,5-14H2,1H3,(H,27,32)/t18?,19?,20-/m0/s1. The van der Waals surface area contributed by atoms with Gasteiger partial charge in [0.1, 0.15) is 11.6 Å². The van der Waals surface area contributed by atoms with E-state index >= 15 is 0 Å². The van der Waals surface area contributed by atoms with Crippen LogP contribution in [-0.2, 0) is 11.2 Å². The normalized spacial score (nSPS) is 23.8. The Morgan fingerprint density at radius 3 is 2.91 bits per heavy atom. The van der Waals surface area contributed by atoms with Crippen molar-refractivity contribution in [2.45, 2.75) is 82.8 Å². The number of nitrogens with zero attached hydrogens (tertiary/aromatic N) is 4. The second-order valence-corrected chi connectivity index (χ2v) is 9.03. The molecule has 2 aliphatic rings. The summed E-state index contributed by atoms with van der Waals surface area (Å²) >= 11 is 0. The second kappa shape index (κ2) is 10.3. The van der Waals surface area contributed by atoms with Gasteiger partial charge in [-0.2, -0.15) is 9.61 Å². The number of anilines is 2. The number of aliphatic hydroxyl groups excluding tert-OH is 1. The fourth-order valence-electron chi connectivity index (χ4n) is 5.17. The molecule has 0 aromatic carbocycles. The number of fused-ring (bicyclic) bond motifs is 1. The molecule has 4 rings (SSSR count). The summed E-state index contributed by atoms with van der Waals surface area (Å²) in [6, 6.07) is 2.84. The van der Waals surface area contributed by atoms with E-state index < -0.39 is 0 Å². The first-order valence-electron chi connectivity index (χ1n) is 12.1. The molecular weight excluding hydrogens is 404 g/mol. The molecule has 32 heavy (non-hydrogen) atoms. The third kappa shape index (κ3) is 4.90. The lowest BCUT2D eigenvalue weighted by Crippen LogP contribution is -2.42. The number of piperidine rings is 1. The van der Waals surface area contributed by atoms with Gasteiger partial charge < -0.3 is 20.6 Å². The van der Waals surface area contributed by atoms with Crippen LogP contribution in [0.15, 0.2) is 24.9 Å². The lowest BCUT2D eigenvalue weighted by atomic mass is 9.91. The maximum absolute atomic E-state index is 11.8. The average molecular weight is 441 g/mol. The molecule has 3 heterocycles. The Labute approximate surface area is 190 Å². The third-order valence-electron chi connectivity index (χ3n) is 6.85. The van der Waals surface area contributed by atoms with E-state index in [1.807, 2.05) is 10.7 Å². The number of carbonyl (C=O) groups excluding carboxylic acids is 1. The van der Waals surface area contributed by atoms with Gasteiger partial charge in [-0.15, -0.1) is 0 Å². The minimum atomic E-state index is -0.107. The fourth-order valence-corrected chi connectivity index (χ4v) is 5.17. The first-order chi connectivity index (χ1) is 15.6. The zero-order valence-corrected chi connectivity index (χ0v) is 19.1. The van der Waals surface area contributed by atoms with Gasteiger partial charge in [-0.1, -0.05) is 13.5 Å². The SMILES string of the molecule is C=CC(=O)NC1CCCC(Nc2cc(N3CCCC[C@H]3CCO)nc3c(CC)cnn23)C1. The fraction of sp³-hybridized carbons (Fsp3) is 0.625. The molecule has 3 N–H and O–H groups in total. The summed E-state index contributed by atoms with van der Waals surface area (Å²) in [5, 5.41) is 21.0. The monoisotopic (exact) mass is 440 g/mol. The topological polar surface area (TPSA) is 94.8 Å². The van der Waals surface area contributed by atoms with Gasteiger partial charge in [0.05, 0.1) is 6.20 Å². The molecule has 1 aliphatic heterocycles. The van der Waals surface area contributed by atoms with Gasteiger partial charge in [0.2, 0.25) is 5.91 Å². The van der Waals surface area contributed by atoms with Gasteiger partial charge in [-0.25, -0.2) is 4.98 Å². The zero-order chi connectivity index (χ0) is 22.5. The van der Waals surface area contributed by atoms with E-state index in [9.17, 15) is 9.90 Å². The Morgan fingerprint density at radius 1 is 1.28 bits per heavy atom. The van der Waals surface area contributed by atoms with E-state index in [-0.39, 0.29) is 24.6 Å². The molecule has 2 aromatic heterocycles. The van der Waals surface area contributed by atoms with Crippen molar-refractivity contribution in [3.05, 3.63) is 30.5 Å². The molecule has 1 saturated heterocycles. The van der Waals surface area contributed by atoms with Crippen LogP contribution in [0.2, 0.25) is 0 Å². The van der Waals surface area contributed by atoms with Gasteiger partial charge in [0.25, 0.3) is 0 Å². The summed E-state index contributed by atoms with van der Waals surface area (Å²) < 4.78 is 1.92. The van der Waals surface area contributed by atoms with Crippen molar-refractivity contribution in [3.8, 4) is 0 Å². The Balaban J connectivity index is 1.62. The Bertz CT molecular complexity index is 940. The molecule has 2 aromatic rings. The average Bonchev–Trinajstić information content (AvgIpc) is 3.23. The summed E-state index contributed by atoms with van der Waals surface area (Å²) in [4.78, 5) is 19.1. The van der Waals surface area contributed by atoms with Crippen LogP contribution in [0.1, 0.15) is 63.9 Å². The number of amides is 1. The molecule has 0 spiro atoms. The number of hydrogen-bond acceptors (Lipinski definition) is 6. The minimum Gasteiger partial charge on any atom is -0.396 e. The largest absolute Gasteiger partial charge is 0.396 e. The van der Waals surface area contributed by atoms with E-state index in [0.29, 0.717) is 6.04 Å². The first kappa shape index (κ1) is 22.6. The van der Waals surface area contributed by atoms with Gasteiger partial charge >= 0.3 is 0 Å². The molecule has 8 nitrogen and oxygen atoms in total. The maximum atomic E-state index is 11.8. The predicted molar refractivity (Wildman–Crippen MR) is 127 cm³/mol. The minimum absolute atomic E-state index is 0.107. The van der Waals surface area contributed by atoms with E-state index in [1.54, 1.807) is 0 Å². The number of aromatic nitrogens is 3. The van der Waals surface area contributed by atoms with Crippen LogP contribution < -0.4 is 15.5 Å². The van der Waals surface area contributed by atoms with Crippen LogP contribution in [0, 0.1) is 0 Å². The molecular formula is C24H36N6O2. The molecule has 3 atom stereocenters. The van der Waals surface area contributed by atoms with Crippen molar-refractivity contribution in [2.75, 3.05) is 23.4 Å². The van der Waals surface area contributed by atoms with Crippen molar-refractivity contribution in [1.29, 1.82) is 0 Å². The summed E-state index contributed by atoms with van der Waals surface area (Å²) in [6.07, 6.45) is 12.3. The maximum Gasteiger partial charge on any atom is 0.243 e. The van der Waals surface area contributed by atoms with Crippen molar-refractivity contribution >= 4 is 23.2 Å². The highest BCUT2D eigenvalue weighted by Gasteiger charge is 2.27. The van der Waals surface area contributed by atoms with Crippen LogP contribution in [0.5, 0.6) is 0 Å². The van der Waals surface area contributed by atoms with Gasteiger partial charge in [-0.05, 0) is 63.9 Å². The van der Waals surface area contributed by atoms with Gasteiger partial charge in [0, 0.05) is 42.9 Å².